The fourth-order valence-corrected chi connectivity index (χ4v) is 2.25. The molecule has 3 heteroatoms. The van der Waals surface area contributed by atoms with Gasteiger partial charge in [-0.2, -0.15) is 0 Å². The van der Waals surface area contributed by atoms with Crippen molar-refractivity contribution in [3.05, 3.63) is 0 Å². The quantitative estimate of drug-likeness (QED) is 0.678. The number of amides is 1. The van der Waals surface area contributed by atoms with E-state index in [2.05, 4.69) is 6.92 Å². The number of carbonyl (C=O) groups excluding carboxylic acids is 1. The van der Waals surface area contributed by atoms with Crippen LogP contribution in [0.5, 0.6) is 0 Å². The van der Waals surface area contributed by atoms with Crippen molar-refractivity contribution in [2.75, 3.05) is 13.1 Å². The summed E-state index contributed by atoms with van der Waals surface area (Å²) >= 11 is 0. The second-order valence-electron chi connectivity index (χ2n) is 4.06. The second-order valence-corrected chi connectivity index (χ2v) is 4.06. The summed E-state index contributed by atoms with van der Waals surface area (Å²) in [5.41, 5.74) is 7.14. The average molecular weight is 197 g/mol. The predicted octanol–water partition coefficient (Wildman–Crippen LogP) is 1.84. The summed E-state index contributed by atoms with van der Waals surface area (Å²) in [6, 6.07) is 0.432. The van der Waals surface area contributed by atoms with Crippen LogP contribution in [0.3, 0.4) is 0 Å². The van der Waals surface area contributed by atoms with E-state index in [1.165, 1.54) is 19.3 Å². The lowest BCUT2D eigenvalue weighted by Gasteiger charge is -2.34. The van der Waals surface area contributed by atoms with Crippen molar-refractivity contribution in [2.45, 2.75) is 51.5 Å². The van der Waals surface area contributed by atoms with Gasteiger partial charge in [0.2, 0.25) is 5.91 Å². The molecule has 0 bridgehead atoms. The lowest BCUT2D eigenvalue weighted by molar-refractivity contribution is -0.132. The van der Waals surface area contributed by atoms with Crippen molar-refractivity contribution >= 4 is 5.91 Å². The van der Waals surface area contributed by atoms with Crippen LogP contribution in [0.1, 0.15) is 45.4 Å². The first-order valence-electron chi connectivity index (χ1n) is 5.73. The van der Waals surface area contributed by atoms with Crippen LogP contribution in [0, 0.1) is 0 Å². The molecule has 1 fully saturated rings. The first kappa shape index (κ1) is 11.5. The van der Waals surface area contributed by atoms with Crippen LogP contribution in [0.2, 0.25) is 0 Å². The van der Waals surface area contributed by atoms with Gasteiger partial charge in [0.1, 0.15) is 0 Å². The SMILES string of the molecule is CCCN(C(=O)C[NH])C1CCCCC1. The Hall–Kier alpha value is -0.570. The Morgan fingerprint density at radius 2 is 2.00 bits per heavy atom. The molecule has 1 saturated carbocycles. The van der Waals surface area contributed by atoms with E-state index in [4.69, 9.17) is 5.73 Å². The van der Waals surface area contributed by atoms with Crippen LogP contribution in [0.4, 0.5) is 0 Å². The van der Waals surface area contributed by atoms with Crippen molar-refractivity contribution in [3.8, 4) is 0 Å². The van der Waals surface area contributed by atoms with E-state index < -0.39 is 0 Å². The largest absolute Gasteiger partial charge is 0.339 e. The lowest BCUT2D eigenvalue weighted by Crippen LogP contribution is -2.43. The summed E-state index contributed by atoms with van der Waals surface area (Å²) in [5.74, 6) is 0.0127. The highest BCUT2D eigenvalue weighted by molar-refractivity contribution is 5.78. The topological polar surface area (TPSA) is 44.1 Å². The molecule has 81 valence electrons. The monoisotopic (exact) mass is 197 g/mol. The Balaban J connectivity index is 2.50. The van der Waals surface area contributed by atoms with Crippen molar-refractivity contribution in [2.24, 2.45) is 0 Å². The number of nitrogens with zero attached hydrogens (tertiary/aromatic N) is 1. The highest BCUT2D eigenvalue weighted by atomic mass is 16.2. The molecule has 0 aromatic carbocycles. The third-order valence-electron chi connectivity index (χ3n) is 2.95. The molecule has 1 aliphatic carbocycles. The number of hydrogen-bond donors (Lipinski definition) is 0. The van der Waals surface area contributed by atoms with Crippen LogP contribution < -0.4 is 5.73 Å². The third kappa shape index (κ3) is 2.98. The summed E-state index contributed by atoms with van der Waals surface area (Å²) in [5, 5.41) is 0. The average Bonchev–Trinajstić information content (AvgIpc) is 2.26. The third-order valence-corrected chi connectivity index (χ3v) is 2.95. The van der Waals surface area contributed by atoms with Gasteiger partial charge in [-0.25, -0.2) is 5.73 Å². The molecule has 0 spiro atoms. The van der Waals surface area contributed by atoms with Gasteiger partial charge in [0, 0.05) is 12.6 Å². The molecule has 0 aromatic rings. The molecular formula is C11H21N2O. The molecule has 0 heterocycles. The van der Waals surface area contributed by atoms with Gasteiger partial charge in [0.25, 0.3) is 0 Å². The van der Waals surface area contributed by atoms with Crippen molar-refractivity contribution in [3.63, 3.8) is 0 Å². The van der Waals surface area contributed by atoms with E-state index in [1.807, 2.05) is 4.90 Å². The molecule has 0 aliphatic heterocycles. The maximum absolute atomic E-state index is 11.5. The maximum atomic E-state index is 11.5. The predicted molar refractivity (Wildman–Crippen MR) is 56.8 cm³/mol. The Labute approximate surface area is 86.6 Å². The van der Waals surface area contributed by atoms with E-state index in [0.29, 0.717) is 6.04 Å². The molecule has 1 radical (unpaired) electrons. The molecule has 3 nitrogen and oxygen atoms in total. The standard InChI is InChI=1S/C11H21N2O/c1-2-8-13(11(14)9-12)10-6-4-3-5-7-10/h10,12H,2-9H2,1H3. The molecule has 1 aliphatic rings. The zero-order valence-corrected chi connectivity index (χ0v) is 9.09. The van der Waals surface area contributed by atoms with Gasteiger partial charge in [-0.15, -0.1) is 0 Å². The highest BCUT2D eigenvalue weighted by Crippen LogP contribution is 2.22. The molecule has 0 aromatic heterocycles. The molecular weight excluding hydrogens is 176 g/mol. The molecule has 0 unspecified atom stereocenters. The molecule has 1 N–H and O–H groups in total. The smallest absolute Gasteiger partial charge is 0.238 e. The first-order valence-corrected chi connectivity index (χ1v) is 5.73. The zero-order chi connectivity index (χ0) is 10.4. The van der Waals surface area contributed by atoms with Crippen molar-refractivity contribution in [1.29, 1.82) is 0 Å². The second kappa shape index (κ2) is 6.02. The summed E-state index contributed by atoms with van der Waals surface area (Å²) in [6.45, 7) is 2.84. The van der Waals surface area contributed by atoms with Crippen LogP contribution in [0.25, 0.3) is 0 Å². The Bertz CT molecular complexity index is 176. The van der Waals surface area contributed by atoms with Crippen molar-refractivity contribution in [1.82, 2.24) is 10.6 Å². The van der Waals surface area contributed by atoms with Gasteiger partial charge in [-0.3, -0.25) is 4.79 Å². The van der Waals surface area contributed by atoms with Gasteiger partial charge in [0.05, 0.1) is 6.54 Å². The van der Waals surface area contributed by atoms with Crippen LogP contribution in [-0.4, -0.2) is 29.9 Å². The summed E-state index contributed by atoms with van der Waals surface area (Å²) < 4.78 is 0. The van der Waals surface area contributed by atoms with Gasteiger partial charge in [0.15, 0.2) is 0 Å². The fourth-order valence-electron chi connectivity index (χ4n) is 2.25. The summed E-state index contributed by atoms with van der Waals surface area (Å²) in [6.07, 6.45) is 7.09. The highest BCUT2D eigenvalue weighted by Gasteiger charge is 2.23. The number of rotatable bonds is 4. The van der Waals surface area contributed by atoms with E-state index in [0.717, 1.165) is 25.8 Å². The van der Waals surface area contributed by atoms with E-state index in [9.17, 15) is 4.79 Å². The van der Waals surface area contributed by atoms with Crippen LogP contribution in [0.15, 0.2) is 0 Å². The number of nitrogens with one attached hydrogen (secondary N) is 1. The molecule has 0 atom stereocenters. The molecule has 0 saturated heterocycles. The number of hydrogen-bond acceptors (Lipinski definition) is 1. The first-order chi connectivity index (χ1) is 6.79. The van der Waals surface area contributed by atoms with E-state index in [1.54, 1.807) is 0 Å². The molecule has 1 amide bonds. The van der Waals surface area contributed by atoms with Crippen molar-refractivity contribution < 1.29 is 4.79 Å². The van der Waals surface area contributed by atoms with E-state index in [-0.39, 0.29) is 12.5 Å². The van der Waals surface area contributed by atoms with Crippen LogP contribution >= 0.6 is 0 Å². The van der Waals surface area contributed by atoms with E-state index >= 15 is 0 Å². The number of carbonyl (C=O) groups is 1. The maximum Gasteiger partial charge on any atom is 0.238 e. The Morgan fingerprint density at radius 1 is 1.36 bits per heavy atom. The normalized spacial score (nSPS) is 18.1. The molecule has 14 heavy (non-hydrogen) atoms. The van der Waals surface area contributed by atoms with Gasteiger partial charge in [-0.1, -0.05) is 26.2 Å². The Kier molecular flexibility index (Phi) is 4.94. The summed E-state index contributed by atoms with van der Waals surface area (Å²) in [7, 11) is 0. The minimum Gasteiger partial charge on any atom is -0.339 e. The zero-order valence-electron chi connectivity index (χ0n) is 9.09. The summed E-state index contributed by atoms with van der Waals surface area (Å²) in [4.78, 5) is 13.5. The van der Waals surface area contributed by atoms with Gasteiger partial charge >= 0.3 is 0 Å². The minimum absolute atomic E-state index is 0.0127. The Morgan fingerprint density at radius 3 is 2.50 bits per heavy atom. The van der Waals surface area contributed by atoms with Gasteiger partial charge in [-0.05, 0) is 19.3 Å². The van der Waals surface area contributed by atoms with Gasteiger partial charge < -0.3 is 4.90 Å². The van der Waals surface area contributed by atoms with Crippen LogP contribution in [-0.2, 0) is 4.79 Å². The lowest BCUT2D eigenvalue weighted by atomic mass is 9.94. The fraction of sp³-hybridized carbons (Fsp3) is 0.909. The minimum atomic E-state index is -0.0868. The molecule has 1 rings (SSSR count).